The first kappa shape index (κ1) is 11.6. The summed E-state index contributed by atoms with van der Waals surface area (Å²) in [6, 6.07) is 4.21. The average Bonchev–Trinajstić information content (AvgIpc) is 2.83. The van der Waals surface area contributed by atoms with Gasteiger partial charge in [0, 0.05) is 6.54 Å². The third-order valence-corrected chi connectivity index (χ3v) is 3.08. The van der Waals surface area contributed by atoms with E-state index >= 15 is 0 Å². The molecule has 0 aliphatic carbocycles. The molecular weight excluding hydrogens is 206 g/mol. The quantitative estimate of drug-likeness (QED) is 0.785. The second-order valence-corrected chi connectivity index (χ2v) is 4.23. The minimum absolute atomic E-state index is 0.274. The lowest BCUT2D eigenvalue weighted by Gasteiger charge is -2.30. The molecule has 0 saturated carbocycles. The molecule has 4 heteroatoms. The summed E-state index contributed by atoms with van der Waals surface area (Å²) in [7, 11) is 2.09. The van der Waals surface area contributed by atoms with E-state index in [0.717, 1.165) is 25.3 Å². The maximum Gasteiger partial charge on any atom is 0.147 e. The van der Waals surface area contributed by atoms with Gasteiger partial charge in [0.05, 0.1) is 25.0 Å². The van der Waals surface area contributed by atoms with Crippen LogP contribution in [0.4, 0.5) is 0 Å². The minimum atomic E-state index is 0.274. The van der Waals surface area contributed by atoms with E-state index in [4.69, 9.17) is 13.9 Å². The molecule has 0 bridgehead atoms. The lowest BCUT2D eigenvalue weighted by molar-refractivity contribution is -0.145. The van der Waals surface area contributed by atoms with Gasteiger partial charge in [-0.3, -0.25) is 4.90 Å². The van der Waals surface area contributed by atoms with Crippen LogP contribution >= 0.6 is 0 Å². The molecule has 1 fully saturated rings. The molecule has 0 N–H and O–H groups in total. The normalized spacial score (nSPS) is 23.6. The molecule has 0 aromatic carbocycles. The van der Waals surface area contributed by atoms with Crippen molar-refractivity contribution in [3.05, 3.63) is 24.2 Å². The molecule has 1 aromatic heterocycles. The molecule has 2 heterocycles. The van der Waals surface area contributed by atoms with Gasteiger partial charge in [-0.25, -0.2) is 0 Å². The highest BCUT2D eigenvalue weighted by atomic mass is 16.7. The Hall–Kier alpha value is -0.840. The maximum absolute atomic E-state index is 5.52. The molecule has 16 heavy (non-hydrogen) atoms. The molecule has 0 amide bonds. The minimum Gasteiger partial charge on any atom is -0.468 e. The number of hydrogen-bond donors (Lipinski definition) is 0. The first-order valence-electron chi connectivity index (χ1n) is 5.70. The van der Waals surface area contributed by atoms with Gasteiger partial charge < -0.3 is 13.9 Å². The van der Waals surface area contributed by atoms with Gasteiger partial charge >= 0.3 is 0 Å². The average molecular weight is 225 g/mol. The molecule has 2 atom stereocenters. The fourth-order valence-corrected chi connectivity index (χ4v) is 1.87. The highest BCUT2D eigenvalue weighted by Gasteiger charge is 2.20. The van der Waals surface area contributed by atoms with Crippen LogP contribution in [0, 0.1) is 0 Å². The van der Waals surface area contributed by atoms with Crippen LogP contribution in [0.3, 0.4) is 0 Å². The van der Waals surface area contributed by atoms with Crippen LogP contribution in [0.25, 0.3) is 0 Å². The fraction of sp³-hybridized carbons (Fsp3) is 0.667. The molecule has 2 unspecified atom stereocenters. The third kappa shape index (κ3) is 2.84. The summed E-state index contributed by atoms with van der Waals surface area (Å²) < 4.78 is 16.1. The van der Waals surface area contributed by atoms with Crippen molar-refractivity contribution in [2.24, 2.45) is 0 Å². The van der Waals surface area contributed by atoms with Gasteiger partial charge in [0.25, 0.3) is 0 Å². The van der Waals surface area contributed by atoms with Crippen molar-refractivity contribution >= 4 is 0 Å². The Kier molecular flexibility index (Phi) is 3.98. The molecule has 1 aliphatic heterocycles. The van der Waals surface area contributed by atoms with Gasteiger partial charge in [0.2, 0.25) is 0 Å². The van der Waals surface area contributed by atoms with E-state index in [1.807, 2.05) is 12.1 Å². The lowest BCUT2D eigenvalue weighted by atomic mass is 10.2. The van der Waals surface area contributed by atoms with Crippen molar-refractivity contribution in [1.29, 1.82) is 0 Å². The Labute approximate surface area is 96.1 Å². The predicted molar refractivity (Wildman–Crippen MR) is 60.1 cm³/mol. The van der Waals surface area contributed by atoms with Crippen LogP contribution in [0.1, 0.15) is 25.1 Å². The van der Waals surface area contributed by atoms with E-state index in [1.165, 1.54) is 0 Å². The second kappa shape index (κ2) is 5.48. The Morgan fingerprint density at radius 1 is 1.56 bits per heavy atom. The molecule has 0 radical (unpaired) electrons. The molecule has 1 aromatic rings. The van der Waals surface area contributed by atoms with Gasteiger partial charge in [0.15, 0.2) is 0 Å². The van der Waals surface area contributed by atoms with Crippen molar-refractivity contribution in [1.82, 2.24) is 4.90 Å². The van der Waals surface area contributed by atoms with E-state index in [1.54, 1.807) is 6.26 Å². The first-order chi connectivity index (χ1) is 7.77. The highest BCUT2D eigenvalue weighted by Crippen LogP contribution is 2.20. The molecule has 4 nitrogen and oxygen atoms in total. The van der Waals surface area contributed by atoms with Crippen molar-refractivity contribution in [3.63, 3.8) is 0 Å². The zero-order valence-corrected chi connectivity index (χ0v) is 9.89. The second-order valence-electron chi connectivity index (χ2n) is 4.23. The third-order valence-electron chi connectivity index (χ3n) is 3.08. The van der Waals surface area contributed by atoms with Crippen LogP contribution in [-0.4, -0.2) is 38.0 Å². The van der Waals surface area contributed by atoms with E-state index in [-0.39, 0.29) is 12.1 Å². The molecule has 0 spiro atoms. The first-order valence-corrected chi connectivity index (χ1v) is 5.70. The summed E-state index contributed by atoms with van der Waals surface area (Å²) in [5.41, 5.74) is 0. The van der Waals surface area contributed by atoms with Gasteiger partial charge in [-0.05, 0) is 32.5 Å². The molecule has 1 aliphatic rings. The smallest absolute Gasteiger partial charge is 0.147 e. The van der Waals surface area contributed by atoms with Crippen molar-refractivity contribution in [2.75, 3.05) is 27.0 Å². The Morgan fingerprint density at radius 2 is 2.44 bits per heavy atom. The number of rotatable bonds is 4. The van der Waals surface area contributed by atoms with Gasteiger partial charge in [0.1, 0.15) is 12.6 Å². The van der Waals surface area contributed by atoms with Crippen LogP contribution in [0.2, 0.25) is 0 Å². The van der Waals surface area contributed by atoms with Crippen LogP contribution < -0.4 is 0 Å². The van der Waals surface area contributed by atoms with Crippen molar-refractivity contribution < 1.29 is 13.9 Å². The van der Waals surface area contributed by atoms with Crippen molar-refractivity contribution in [2.45, 2.75) is 25.5 Å². The van der Waals surface area contributed by atoms with Gasteiger partial charge in [-0.1, -0.05) is 0 Å². The predicted octanol–water partition coefficient (Wildman–Crippen LogP) is 2.04. The van der Waals surface area contributed by atoms with Crippen LogP contribution in [-0.2, 0) is 9.47 Å². The summed E-state index contributed by atoms with van der Waals surface area (Å²) in [6.07, 6.45) is 2.95. The summed E-state index contributed by atoms with van der Waals surface area (Å²) in [5.74, 6) is 0.995. The van der Waals surface area contributed by atoms with E-state index in [9.17, 15) is 0 Å². The Bertz CT molecular complexity index is 293. The largest absolute Gasteiger partial charge is 0.468 e. The zero-order chi connectivity index (χ0) is 11.4. The Morgan fingerprint density at radius 3 is 3.06 bits per heavy atom. The molecule has 2 rings (SSSR count). The maximum atomic E-state index is 5.52. The molecule has 1 saturated heterocycles. The van der Waals surface area contributed by atoms with E-state index in [0.29, 0.717) is 6.79 Å². The number of likely N-dealkylation sites (N-methyl/N-ethyl adjacent to an activating group) is 1. The zero-order valence-electron chi connectivity index (χ0n) is 9.89. The van der Waals surface area contributed by atoms with Crippen LogP contribution in [0.5, 0.6) is 0 Å². The summed E-state index contributed by atoms with van der Waals surface area (Å²) in [5, 5.41) is 0. The van der Waals surface area contributed by atoms with E-state index in [2.05, 4.69) is 18.9 Å². The van der Waals surface area contributed by atoms with Crippen LogP contribution in [0.15, 0.2) is 22.8 Å². The number of hydrogen-bond acceptors (Lipinski definition) is 4. The summed E-state index contributed by atoms with van der Waals surface area (Å²) >= 11 is 0. The SMILES string of the molecule is CC(c1ccco1)N(C)CC1CCOCO1. The topological polar surface area (TPSA) is 34.8 Å². The summed E-state index contributed by atoms with van der Waals surface area (Å²) in [6.45, 7) is 4.27. The number of ether oxygens (including phenoxy) is 2. The van der Waals surface area contributed by atoms with Gasteiger partial charge in [-0.15, -0.1) is 0 Å². The standard InChI is InChI=1S/C12H19NO3/c1-10(12-4-3-6-15-12)13(2)8-11-5-7-14-9-16-11/h3-4,6,10-11H,5,7-9H2,1-2H3. The number of furan rings is 1. The lowest BCUT2D eigenvalue weighted by Crippen LogP contribution is -2.36. The summed E-state index contributed by atoms with van der Waals surface area (Å²) in [4.78, 5) is 2.24. The molecular formula is C12H19NO3. The Balaban J connectivity index is 1.84. The van der Waals surface area contributed by atoms with Gasteiger partial charge in [-0.2, -0.15) is 0 Å². The highest BCUT2D eigenvalue weighted by molar-refractivity contribution is 5.03. The van der Waals surface area contributed by atoms with E-state index < -0.39 is 0 Å². The molecule has 90 valence electrons. The number of nitrogens with zero attached hydrogens (tertiary/aromatic N) is 1. The van der Waals surface area contributed by atoms with Crippen molar-refractivity contribution in [3.8, 4) is 0 Å². The fourth-order valence-electron chi connectivity index (χ4n) is 1.87. The monoisotopic (exact) mass is 225 g/mol.